The van der Waals surface area contributed by atoms with Gasteiger partial charge in [0.2, 0.25) is 0 Å². The van der Waals surface area contributed by atoms with Crippen molar-refractivity contribution in [1.29, 1.82) is 0 Å². The highest BCUT2D eigenvalue weighted by molar-refractivity contribution is 5.94. The monoisotopic (exact) mass is 500 g/mol. The molecule has 2 spiro atoms. The van der Waals surface area contributed by atoms with E-state index in [1.54, 1.807) is 26.0 Å². The van der Waals surface area contributed by atoms with E-state index in [9.17, 15) is 19.8 Å². The van der Waals surface area contributed by atoms with Crippen molar-refractivity contribution in [3.05, 3.63) is 47.6 Å². The van der Waals surface area contributed by atoms with Gasteiger partial charge in [-0.2, -0.15) is 0 Å². The minimum Gasteiger partial charge on any atom is -0.448 e. The zero-order valence-electron chi connectivity index (χ0n) is 19.8. The summed E-state index contributed by atoms with van der Waals surface area (Å²) in [5.41, 5.74) is -0.330. The van der Waals surface area contributed by atoms with Crippen molar-refractivity contribution in [2.45, 2.75) is 75.3 Å². The first-order valence-corrected chi connectivity index (χ1v) is 12.5. The van der Waals surface area contributed by atoms with Crippen LogP contribution in [0.25, 0.3) is 0 Å². The summed E-state index contributed by atoms with van der Waals surface area (Å²) in [6.45, 7) is 3.60. The first kappa shape index (κ1) is 22.8. The van der Waals surface area contributed by atoms with Gasteiger partial charge in [-0.3, -0.25) is 0 Å². The van der Waals surface area contributed by atoms with Gasteiger partial charge in [0.15, 0.2) is 36.4 Å². The predicted molar refractivity (Wildman–Crippen MR) is 118 cm³/mol. The van der Waals surface area contributed by atoms with Crippen LogP contribution in [0.1, 0.15) is 26.7 Å². The molecule has 6 aliphatic heterocycles. The van der Waals surface area contributed by atoms with E-state index in [-0.39, 0.29) is 35.6 Å². The molecule has 0 amide bonds. The van der Waals surface area contributed by atoms with Gasteiger partial charge in [0.1, 0.15) is 12.2 Å². The summed E-state index contributed by atoms with van der Waals surface area (Å²) in [5, 5.41) is 19.3. The molecular weight excluding hydrogens is 472 g/mol. The molecule has 6 heterocycles. The third-order valence-electron chi connectivity index (χ3n) is 8.85. The third-order valence-corrected chi connectivity index (χ3v) is 8.85. The average molecular weight is 501 g/mol. The molecule has 0 radical (unpaired) electrons. The lowest BCUT2D eigenvalue weighted by Gasteiger charge is -2.35. The minimum atomic E-state index is -0.806. The Balaban J connectivity index is 0.000000122. The van der Waals surface area contributed by atoms with Crippen LogP contribution in [0, 0.1) is 23.7 Å². The smallest absolute Gasteiger partial charge is 0.337 e. The fourth-order valence-electron chi connectivity index (χ4n) is 7.39. The number of carbonyl (C=O) groups is 2. The second-order valence-corrected chi connectivity index (χ2v) is 10.5. The van der Waals surface area contributed by atoms with Crippen molar-refractivity contribution >= 4 is 11.9 Å². The molecule has 10 heteroatoms. The van der Waals surface area contributed by atoms with E-state index in [0.29, 0.717) is 24.0 Å². The molecule has 0 aromatic carbocycles. The van der Waals surface area contributed by atoms with Gasteiger partial charge in [-0.25, -0.2) is 9.59 Å². The number of aliphatic hydroxyl groups excluding tert-OH is 2. The van der Waals surface area contributed by atoms with E-state index in [2.05, 4.69) is 0 Å². The van der Waals surface area contributed by atoms with E-state index < -0.39 is 48.6 Å². The van der Waals surface area contributed by atoms with Crippen molar-refractivity contribution in [3.63, 3.8) is 0 Å². The van der Waals surface area contributed by atoms with Crippen LogP contribution in [0.15, 0.2) is 47.6 Å². The largest absolute Gasteiger partial charge is 0.448 e. The zero-order chi connectivity index (χ0) is 25.0. The molecule has 8 aliphatic rings. The average Bonchev–Trinajstić information content (AvgIpc) is 3.61. The molecule has 36 heavy (non-hydrogen) atoms. The highest BCUT2D eigenvalue weighted by atomic mass is 16.8. The molecule has 2 aliphatic carbocycles. The van der Waals surface area contributed by atoms with Crippen molar-refractivity contribution in [2.24, 2.45) is 23.7 Å². The van der Waals surface area contributed by atoms with Crippen molar-refractivity contribution in [3.8, 4) is 0 Å². The number of hydrogen-bond acceptors (Lipinski definition) is 10. The van der Waals surface area contributed by atoms with Crippen LogP contribution >= 0.6 is 0 Å². The van der Waals surface area contributed by atoms with Crippen LogP contribution in [-0.2, 0) is 38.0 Å². The predicted octanol–water partition coefficient (Wildman–Crippen LogP) is 0.988. The number of rotatable bonds is 0. The Morgan fingerprint density at radius 1 is 0.750 bits per heavy atom. The molecule has 6 saturated heterocycles. The third kappa shape index (κ3) is 2.77. The number of hydrogen-bond donors (Lipinski definition) is 2. The van der Waals surface area contributed by atoms with Gasteiger partial charge in [-0.1, -0.05) is 24.3 Å². The second-order valence-electron chi connectivity index (χ2n) is 10.5. The van der Waals surface area contributed by atoms with Crippen LogP contribution in [0.4, 0.5) is 0 Å². The Morgan fingerprint density at radius 3 is 1.56 bits per heavy atom. The quantitative estimate of drug-likeness (QED) is 0.282. The van der Waals surface area contributed by atoms with Crippen molar-refractivity contribution < 1.29 is 48.2 Å². The number of aliphatic hydroxyl groups is 2. The number of allylic oxidation sites excluding steroid dienone is 4. The van der Waals surface area contributed by atoms with Crippen molar-refractivity contribution in [1.82, 2.24) is 0 Å². The van der Waals surface area contributed by atoms with Gasteiger partial charge in [-0.05, 0) is 37.8 Å². The lowest BCUT2D eigenvalue weighted by molar-refractivity contribution is -0.263. The second kappa shape index (κ2) is 7.59. The molecular formula is C26H28O10. The molecule has 2 N–H and O–H groups in total. The van der Waals surface area contributed by atoms with Crippen LogP contribution in [0.5, 0.6) is 0 Å². The van der Waals surface area contributed by atoms with Crippen molar-refractivity contribution in [2.75, 3.05) is 0 Å². The molecule has 12 unspecified atom stereocenters. The highest BCUT2D eigenvalue weighted by Gasteiger charge is 2.71. The topological polar surface area (TPSA) is 130 Å². The van der Waals surface area contributed by atoms with E-state index in [1.807, 2.05) is 24.3 Å². The summed E-state index contributed by atoms with van der Waals surface area (Å²) in [6, 6.07) is 0. The summed E-state index contributed by atoms with van der Waals surface area (Å²) < 4.78 is 33.7. The maximum atomic E-state index is 11.8. The molecule has 6 fully saturated rings. The Kier molecular flexibility index (Phi) is 4.81. The van der Waals surface area contributed by atoms with Gasteiger partial charge in [0.05, 0.1) is 23.0 Å². The van der Waals surface area contributed by atoms with E-state index in [0.717, 1.165) is 0 Å². The van der Waals surface area contributed by atoms with Gasteiger partial charge < -0.3 is 38.6 Å². The van der Waals surface area contributed by atoms with Crippen LogP contribution in [0.2, 0.25) is 0 Å². The van der Waals surface area contributed by atoms with Crippen LogP contribution < -0.4 is 0 Å². The highest BCUT2D eigenvalue weighted by Crippen LogP contribution is 2.59. The molecule has 0 aromatic rings. The molecule has 8 rings (SSSR count). The first-order valence-electron chi connectivity index (χ1n) is 12.5. The Bertz CT molecular complexity index is 1050. The Morgan fingerprint density at radius 2 is 1.17 bits per heavy atom. The fourth-order valence-corrected chi connectivity index (χ4v) is 7.39. The number of carbonyl (C=O) groups excluding carboxylic acids is 2. The minimum absolute atomic E-state index is 0.0349. The maximum absolute atomic E-state index is 11.8. The summed E-state index contributed by atoms with van der Waals surface area (Å²) >= 11 is 0. The van der Waals surface area contributed by atoms with Crippen LogP contribution in [-0.4, -0.2) is 70.7 Å². The molecule has 10 nitrogen and oxygen atoms in total. The number of ether oxygens (including phenoxy) is 6. The summed E-state index contributed by atoms with van der Waals surface area (Å²) in [4.78, 5) is 23.7. The summed E-state index contributed by atoms with van der Waals surface area (Å²) in [6.07, 6.45) is 8.97. The molecule has 0 saturated carbocycles. The molecule has 0 aromatic heterocycles. The summed E-state index contributed by atoms with van der Waals surface area (Å²) in [5.74, 6) is -0.394. The molecule has 12 atom stereocenters. The zero-order valence-corrected chi connectivity index (χ0v) is 19.8. The van der Waals surface area contributed by atoms with Gasteiger partial charge >= 0.3 is 11.9 Å². The Hall–Kier alpha value is -2.34. The lowest BCUT2D eigenvalue weighted by Crippen LogP contribution is -2.45. The first-order chi connectivity index (χ1) is 17.3. The molecule has 192 valence electrons. The Labute approximate surface area is 207 Å². The van der Waals surface area contributed by atoms with Crippen LogP contribution in [0.3, 0.4) is 0 Å². The van der Waals surface area contributed by atoms with Gasteiger partial charge in [-0.15, -0.1) is 0 Å². The van der Waals surface area contributed by atoms with Gasteiger partial charge in [0, 0.05) is 12.8 Å². The normalized spacial score (nSPS) is 54.7. The fraction of sp³-hybridized carbons (Fsp3) is 0.615. The van der Waals surface area contributed by atoms with E-state index in [1.165, 1.54) is 0 Å². The molecule has 0 bridgehead atoms. The lowest BCUT2D eigenvalue weighted by atomic mass is 9.80. The maximum Gasteiger partial charge on any atom is 0.337 e. The van der Waals surface area contributed by atoms with Gasteiger partial charge in [0.25, 0.3) is 0 Å². The van der Waals surface area contributed by atoms with E-state index in [4.69, 9.17) is 28.4 Å². The standard InChI is InChI=1S/2C13H14O5/c2*1-2-7-10-13(18-11(7)15)4-3-6-5-8(14)16-12(17-10)9(6)13/h2*2-4,6,8-10,12,14H,5H2,1H3/b2*7-2-. The number of esters is 2. The SMILES string of the molecule is C/C=C1\C(=O)OC23C=CC4CC(O)OC(OC12)C43.C/C=C1\C(=O)OC23C=CC4CC(O)OC(OC12)C43. The van der Waals surface area contributed by atoms with E-state index >= 15 is 0 Å². The summed E-state index contributed by atoms with van der Waals surface area (Å²) in [7, 11) is 0.